The van der Waals surface area contributed by atoms with E-state index in [1.165, 1.54) is 23.5 Å². The lowest BCUT2D eigenvalue weighted by molar-refractivity contribution is -0.150. The molecule has 0 bridgehead atoms. The highest BCUT2D eigenvalue weighted by Gasteiger charge is 2.37. The number of sulfonamides is 1. The number of benzene rings is 3. The number of rotatable bonds is 16. The van der Waals surface area contributed by atoms with Crippen LogP contribution in [0.25, 0.3) is 0 Å². The number of alkyl carbamates (subject to hydrolysis) is 1. The fraction of sp³-hybridized carbons (Fsp3) is 0.375. The summed E-state index contributed by atoms with van der Waals surface area (Å²) in [6.07, 6.45) is 0.662. The molecule has 1 amide bonds. The minimum Gasteiger partial charge on any atom is -0.497 e. The van der Waals surface area contributed by atoms with E-state index in [4.69, 9.17) is 14.2 Å². The molecule has 0 aromatic heterocycles. The van der Waals surface area contributed by atoms with Crippen LogP contribution < -0.4 is 10.1 Å². The molecule has 0 unspecified atom stereocenters. The predicted octanol–water partition coefficient (Wildman–Crippen LogP) is 5.55. The van der Waals surface area contributed by atoms with Gasteiger partial charge in [-0.25, -0.2) is 13.2 Å². The average Bonchev–Trinajstić information content (AvgIpc) is 3.00. The van der Waals surface area contributed by atoms with Crippen LogP contribution in [-0.4, -0.2) is 51.0 Å². The molecule has 0 aliphatic rings. The zero-order valence-corrected chi connectivity index (χ0v) is 25.2. The second-order valence-electron chi connectivity index (χ2n) is 10.2. The number of nitrogens with one attached hydrogen (secondary N) is 1. The molecule has 0 heterocycles. The SMILES string of the molecule is COc1ccc(S(=O)(=O)N(CC(C)C)[C@@H](CCCCNC(=O)OCc2ccccc2)C(=O)OCc2ccccc2)cc1. The van der Waals surface area contributed by atoms with Gasteiger partial charge in [0.25, 0.3) is 0 Å². The van der Waals surface area contributed by atoms with Gasteiger partial charge in [-0.1, -0.05) is 74.5 Å². The molecule has 0 aliphatic heterocycles. The molecular weight excluding hydrogens is 556 g/mol. The summed E-state index contributed by atoms with van der Waals surface area (Å²) in [5.74, 6) is -0.145. The third-order valence-electron chi connectivity index (χ3n) is 6.44. The van der Waals surface area contributed by atoms with E-state index >= 15 is 0 Å². The van der Waals surface area contributed by atoms with Crippen molar-refractivity contribution >= 4 is 22.1 Å². The number of esters is 1. The third-order valence-corrected chi connectivity index (χ3v) is 8.33. The van der Waals surface area contributed by atoms with Gasteiger partial charge in [-0.15, -0.1) is 0 Å². The molecule has 42 heavy (non-hydrogen) atoms. The topological polar surface area (TPSA) is 111 Å². The van der Waals surface area contributed by atoms with Gasteiger partial charge in [0.2, 0.25) is 10.0 Å². The Balaban J connectivity index is 1.69. The van der Waals surface area contributed by atoms with E-state index in [-0.39, 0.29) is 37.0 Å². The standard InChI is InChI=1S/C32H40N2O7S/c1-25(2)22-34(42(37,38)29-19-17-28(39-3)18-20-29)30(31(35)40-23-26-12-6-4-7-13-26)16-10-11-21-33-32(36)41-24-27-14-8-5-9-15-27/h4-9,12-15,17-20,25,30H,10-11,16,21-24H2,1-3H3,(H,33,36)/t30-/m0/s1. The first-order valence-corrected chi connectivity index (χ1v) is 15.5. The maximum atomic E-state index is 13.9. The maximum absolute atomic E-state index is 13.9. The first kappa shape index (κ1) is 32.6. The van der Waals surface area contributed by atoms with Crippen LogP contribution in [0.5, 0.6) is 5.75 Å². The number of ether oxygens (including phenoxy) is 3. The Morgan fingerprint density at radius 2 is 1.38 bits per heavy atom. The molecule has 0 saturated carbocycles. The highest BCUT2D eigenvalue weighted by Crippen LogP contribution is 2.25. The first-order valence-electron chi connectivity index (χ1n) is 14.0. The molecule has 1 atom stereocenters. The van der Waals surface area contributed by atoms with Crippen molar-refractivity contribution in [2.75, 3.05) is 20.2 Å². The number of hydrogen-bond acceptors (Lipinski definition) is 7. The van der Waals surface area contributed by atoms with Gasteiger partial charge in [-0.2, -0.15) is 4.31 Å². The monoisotopic (exact) mass is 596 g/mol. The quantitative estimate of drug-likeness (QED) is 0.170. The Morgan fingerprint density at radius 3 is 1.93 bits per heavy atom. The van der Waals surface area contributed by atoms with Crippen molar-refractivity contribution in [3.8, 4) is 5.75 Å². The van der Waals surface area contributed by atoms with Crippen LogP contribution in [0.3, 0.4) is 0 Å². The largest absolute Gasteiger partial charge is 0.497 e. The molecular formula is C32H40N2O7S. The Kier molecular flexibility index (Phi) is 12.8. The van der Waals surface area contributed by atoms with Crippen LogP contribution in [0.4, 0.5) is 4.79 Å². The summed E-state index contributed by atoms with van der Waals surface area (Å²) in [7, 11) is -2.55. The van der Waals surface area contributed by atoms with E-state index in [1.807, 2.05) is 74.5 Å². The van der Waals surface area contributed by atoms with Crippen molar-refractivity contribution in [2.24, 2.45) is 5.92 Å². The Hall–Kier alpha value is -3.89. The first-order chi connectivity index (χ1) is 20.2. The van der Waals surface area contributed by atoms with E-state index in [0.717, 1.165) is 11.1 Å². The number of amides is 1. The smallest absolute Gasteiger partial charge is 0.407 e. The molecule has 0 saturated heterocycles. The molecule has 0 radical (unpaired) electrons. The van der Waals surface area contributed by atoms with Gasteiger partial charge < -0.3 is 19.5 Å². The van der Waals surface area contributed by atoms with Crippen LogP contribution in [0.15, 0.2) is 89.8 Å². The van der Waals surface area contributed by atoms with Gasteiger partial charge in [0.15, 0.2) is 0 Å². The van der Waals surface area contributed by atoms with Crippen LogP contribution in [-0.2, 0) is 37.5 Å². The van der Waals surface area contributed by atoms with Gasteiger partial charge in [-0.3, -0.25) is 4.79 Å². The second kappa shape index (κ2) is 16.5. The Bertz CT molecular complexity index is 1350. The van der Waals surface area contributed by atoms with Crippen molar-refractivity contribution in [2.45, 2.75) is 57.3 Å². The van der Waals surface area contributed by atoms with Gasteiger partial charge in [0.05, 0.1) is 12.0 Å². The van der Waals surface area contributed by atoms with E-state index in [2.05, 4.69) is 5.32 Å². The van der Waals surface area contributed by atoms with Gasteiger partial charge in [-0.05, 0) is 60.6 Å². The van der Waals surface area contributed by atoms with Crippen molar-refractivity contribution in [1.29, 1.82) is 0 Å². The Labute approximate surface area is 248 Å². The second-order valence-corrected chi connectivity index (χ2v) is 12.1. The van der Waals surface area contributed by atoms with Crippen molar-refractivity contribution < 1.29 is 32.2 Å². The predicted molar refractivity (Wildman–Crippen MR) is 160 cm³/mol. The fourth-order valence-corrected chi connectivity index (χ4v) is 6.04. The van der Waals surface area contributed by atoms with E-state index in [0.29, 0.717) is 25.1 Å². The number of carbonyl (C=O) groups excluding carboxylic acids is 2. The fourth-order valence-electron chi connectivity index (χ4n) is 4.27. The molecule has 0 aliphatic carbocycles. The highest BCUT2D eigenvalue weighted by atomic mass is 32.2. The molecule has 226 valence electrons. The van der Waals surface area contributed by atoms with Crippen LogP contribution in [0.1, 0.15) is 44.2 Å². The minimum atomic E-state index is -4.05. The van der Waals surface area contributed by atoms with E-state index < -0.39 is 28.1 Å². The van der Waals surface area contributed by atoms with E-state index in [1.54, 1.807) is 12.1 Å². The summed E-state index contributed by atoms with van der Waals surface area (Å²) in [5, 5.41) is 2.71. The molecule has 3 aromatic carbocycles. The molecule has 1 N–H and O–H groups in total. The van der Waals surface area contributed by atoms with Crippen molar-refractivity contribution in [3.05, 3.63) is 96.1 Å². The minimum absolute atomic E-state index is 0.0308. The summed E-state index contributed by atoms with van der Waals surface area (Å²) < 4.78 is 45.0. The number of methoxy groups -OCH3 is 1. The van der Waals surface area contributed by atoms with Gasteiger partial charge in [0.1, 0.15) is 25.0 Å². The normalized spacial score (nSPS) is 12.1. The molecule has 9 nitrogen and oxygen atoms in total. The lowest BCUT2D eigenvalue weighted by atomic mass is 10.1. The highest BCUT2D eigenvalue weighted by molar-refractivity contribution is 7.89. The third kappa shape index (κ3) is 10.2. The van der Waals surface area contributed by atoms with Crippen molar-refractivity contribution in [3.63, 3.8) is 0 Å². The molecule has 0 spiro atoms. The molecule has 3 aromatic rings. The van der Waals surface area contributed by atoms with Gasteiger partial charge >= 0.3 is 12.1 Å². The number of hydrogen-bond donors (Lipinski definition) is 1. The Morgan fingerprint density at radius 1 is 0.810 bits per heavy atom. The molecule has 0 fully saturated rings. The summed E-state index contributed by atoms with van der Waals surface area (Å²) in [4.78, 5) is 25.6. The van der Waals surface area contributed by atoms with Crippen LogP contribution in [0.2, 0.25) is 0 Å². The number of nitrogens with zero attached hydrogens (tertiary/aromatic N) is 1. The molecule has 10 heteroatoms. The zero-order valence-electron chi connectivity index (χ0n) is 24.4. The van der Waals surface area contributed by atoms with E-state index in [9.17, 15) is 18.0 Å². The average molecular weight is 597 g/mol. The summed E-state index contributed by atoms with van der Waals surface area (Å²) in [5.41, 5.74) is 1.68. The number of carbonyl (C=O) groups is 2. The maximum Gasteiger partial charge on any atom is 0.407 e. The summed E-state index contributed by atoms with van der Waals surface area (Å²) >= 11 is 0. The van der Waals surface area contributed by atoms with Crippen LogP contribution >= 0.6 is 0 Å². The van der Waals surface area contributed by atoms with Gasteiger partial charge in [0, 0.05) is 13.1 Å². The lowest BCUT2D eigenvalue weighted by Gasteiger charge is -2.31. The van der Waals surface area contributed by atoms with Crippen LogP contribution in [0, 0.1) is 5.92 Å². The molecule has 3 rings (SSSR count). The lowest BCUT2D eigenvalue weighted by Crippen LogP contribution is -2.47. The zero-order chi connectivity index (χ0) is 30.4. The summed E-state index contributed by atoms with van der Waals surface area (Å²) in [6.45, 7) is 4.43. The number of unbranched alkanes of at least 4 members (excludes halogenated alkanes) is 1. The summed E-state index contributed by atoms with van der Waals surface area (Å²) in [6, 6.07) is 23.6. The van der Waals surface area contributed by atoms with Crippen molar-refractivity contribution in [1.82, 2.24) is 9.62 Å².